The van der Waals surface area contributed by atoms with E-state index in [1.807, 2.05) is 6.08 Å². The van der Waals surface area contributed by atoms with Gasteiger partial charge in [-0.15, -0.1) is 0 Å². The molecule has 0 atom stereocenters. The largest absolute Gasteiger partial charge is 0.370 e. The maximum absolute atomic E-state index is 5.62. The van der Waals surface area contributed by atoms with Crippen molar-refractivity contribution in [3.05, 3.63) is 29.7 Å². The minimum atomic E-state index is -0.356. The van der Waals surface area contributed by atoms with Gasteiger partial charge < -0.3 is 9.26 Å². The summed E-state index contributed by atoms with van der Waals surface area (Å²) in [5.74, 6) is 1.14. The van der Waals surface area contributed by atoms with E-state index in [0.29, 0.717) is 11.7 Å². The lowest BCUT2D eigenvalue weighted by Crippen LogP contribution is -2.25. The first-order valence-electron chi connectivity index (χ1n) is 6.39. The Labute approximate surface area is 110 Å². The summed E-state index contributed by atoms with van der Waals surface area (Å²) in [5.41, 5.74) is 0.604. The van der Waals surface area contributed by atoms with Gasteiger partial charge in [0, 0.05) is 24.9 Å². The highest BCUT2D eigenvalue weighted by Gasteiger charge is 2.40. The van der Waals surface area contributed by atoms with Gasteiger partial charge in [0.15, 0.2) is 0 Å². The molecule has 6 nitrogen and oxygen atoms in total. The molecule has 1 saturated carbocycles. The Morgan fingerprint density at radius 2 is 2.21 bits per heavy atom. The number of ether oxygens (including phenoxy) is 1. The van der Waals surface area contributed by atoms with Gasteiger partial charge in [-0.05, 0) is 31.8 Å². The van der Waals surface area contributed by atoms with Crippen LogP contribution in [0.15, 0.2) is 16.9 Å². The molecule has 3 rings (SSSR count). The number of nitrogens with zero attached hydrogens (tertiary/aromatic N) is 3. The van der Waals surface area contributed by atoms with Crippen LogP contribution < -0.4 is 0 Å². The monoisotopic (exact) mass is 260 g/mol. The van der Waals surface area contributed by atoms with Gasteiger partial charge in [-0.1, -0.05) is 5.16 Å². The molecule has 0 bridgehead atoms. The average Bonchev–Trinajstić information content (AvgIpc) is 3.17. The minimum Gasteiger partial charge on any atom is -0.370 e. The zero-order valence-corrected chi connectivity index (χ0v) is 10.8. The van der Waals surface area contributed by atoms with E-state index in [0.717, 1.165) is 31.2 Å². The van der Waals surface area contributed by atoms with Gasteiger partial charge in [0.2, 0.25) is 5.82 Å². The first-order valence-corrected chi connectivity index (χ1v) is 6.39. The summed E-state index contributed by atoms with van der Waals surface area (Å²) in [4.78, 5) is 4.41. The van der Waals surface area contributed by atoms with Gasteiger partial charge in [0.05, 0.1) is 6.20 Å². The Bertz CT molecular complexity index is 553. The molecule has 2 aromatic heterocycles. The first-order chi connectivity index (χ1) is 9.32. The van der Waals surface area contributed by atoms with Gasteiger partial charge in [-0.3, -0.25) is 5.10 Å². The highest BCUT2D eigenvalue weighted by Crippen LogP contribution is 2.40. The predicted molar refractivity (Wildman–Crippen MR) is 69.0 cm³/mol. The number of aromatic nitrogens is 4. The minimum absolute atomic E-state index is 0.356. The van der Waals surface area contributed by atoms with E-state index in [2.05, 4.69) is 20.3 Å². The van der Waals surface area contributed by atoms with E-state index in [9.17, 15) is 0 Å². The molecule has 0 saturated heterocycles. The lowest BCUT2D eigenvalue weighted by molar-refractivity contribution is -0.0178. The molecule has 100 valence electrons. The fourth-order valence-corrected chi connectivity index (χ4v) is 2.47. The molecule has 2 heterocycles. The lowest BCUT2D eigenvalue weighted by atomic mass is 10.0. The van der Waals surface area contributed by atoms with Crippen LogP contribution in [-0.4, -0.2) is 27.4 Å². The second-order valence-electron chi connectivity index (χ2n) is 4.73. The van der Waals surface area contributed by atoms with E-state index in [-0.39, 0.29) is 5.60 Å². The van der Waals surface area contributed by atoms with Crippen LogP contribution >= 0.6 is 0 Å². The fraction of sp³-hybridized carbons (Fsp3) is 0.462. The Balaban J connectivity index is 1.79. The lowest BCUT2D eigenvalue weighted by Gasteiger charge is -2.22. The zero-order valence-electron chi connectivity index (χ0n) is 10.8. The molecule has 1 fully saturated rings. The Hall–Kier alpha value is -1.95. The third kappa shape index (κ3) is 2.31. The highest BCUT2D eigenvalue weighted by molar-refractivity contribution is 5.64. The molecular weight excluding hydrogens is 244 g/mol. The molecule has 0 unspecified atom stereocenters. The predicted octanol–water partition coefficient (Wildman–Crippen LogP) is 2.38. The van der Waals surface area contributed by atoms with Crippen molar-refractivity contribution in [1.29, 1.82) is 0 Å². The van der Waals surface area contributed by atoms with Crippen LogP contribution in [0.1, 0.15) is 43.0 Å². The summed E-state index contributed by atoms with van der Waals surface area (Å²) in [7, 11) is 1.71. The summed E-state index contributed by atoms with van der Waals surface area (Å²) < 4.78 is 10.9. The van der Waals surface area contributed by atoms with Crippen LogP contribution in [0.4, 0.5) is 0 Å². The van der Waals surface area contributed by atoms with Gasteiger partial charge in [-0.25, -0.2) is 0 Å². The summed E-state index contributed by atoms with van der Waals surface area (Å²) in [6.07, 6.45) is 11.4. The van der Waals surface area contributed by atoms with E-state index in [1.54, 1.807) is 25.6 Å². The van der Waals surface area contributed by atoms with E-state index in [4.69, 9.17) is 9.26 Å². The van der Waals surface area contributed by atoms with Crippen molar-refractivity contribution in [3.8, 4) is 0 Å². The van der Waals surface area contributed by atoms with Crippen LogP contribution in [0.2, 0.25) is 0 Å². The smallest absolute Gasteiger partial charge is 0.250 e. The van der Waals surface area contributed by atoms with E-state index in [1.165, 1.54) is 0 Å². The summed E-state index contributed by atoms with van der Waals surface area (Å²) in [6.45, 7) is 0. The number of hydrogen-bond donors (Lipinski definition) is 1. The Morgan fingerprint density at radius 1 is 1.37 bits per heavy atom. The molecule has 1 aliphatic carbocycles. The third-order valence-electron chi connectivity index (χ3n) is 3.59. The molecule has 0 aliphatic heterocycles. The Kier molecular flexibility index (Phi) is 3.16. The van der Waals surface area contributed by atoms with Gasteiger partial charge >= 0.3 is 0 Å². The van der Waals surface area contributed by atoms with Gasteiger partial charge in [0.25, 0.3) is 5.89 Å². The number of nitrogens with one attached hydrogen (secondary N) is 1. The van der Waals surface area contributed by atoms with Crippen molar-refractivity contribution in [1.82, 2.24) is 20.3 Å². The van der Waals surface area contributed by atoms with Crippen LogP contribution in [0.5, 0.6) is 0 Å². The molecule has 0 aromatic carbocycles. The SMILES string of the molecule is COC1(c2noc(C=Cc3cn[nH]c3)n2)CCCC1. The van der Waals surface area contributed by atoms with Crippen molar-refractivity contribution in [2.75, 3.05) is 7.11 Å². The molecule has 0 amide bonds. The molecule has 19 heavy (non-hydrogen) atoms. The van der Waals surface area contributed by atoms with E-state index < -0.39 is 0 Å². The van der Waals surface area contributed by atoms with E-state index >= 15 is 0 Å². The zero-order chi connectivity index (χ0) is 13.1. The summed E-state index contributed by atoms with van der Waals surface area (Å²) >= 11 is 0. The molecule has 6 heteroatoms. The normalized spacial score (nSPS) is 18.4. The topological polar surface area (TPSA) is 76.8 Å². The average molecular weight is 260 g/mol. The molecule has 2 aromatic rings. The Morgan fingerprint density at radius 3 is 2.89 bits per heavy atom. The standard InChI is InChI=1S/C13H16N4O2/c1-18-13(6-2-3-7-13)12-16-11(19-17-12)5-4-10-8-14-15-9-10/h4-5,8-9H,2-3,6-7H2,1H3,(H,14,15). The van der Waals surface area contributed by atoms with Crippen molar-refractivity contribution in [3.63, 3.8) is 0 Å². The maximum atomic E-state index is 5.62. The molecule has 0 radical (unpaired) electrons. The highest BCUT2D eigenvalue weighted by atomic mass is 16.5. The summed E-state index contributed by atoms with van der Waals surface area (Å²) in [5, 5.41) is 10.7. The molecule has 0 spiro atoms. The second-order valence-corrected chi connectivity index (χ2v) is 4.73. The number of rotatable bonds is 4. The third-order valence-corrected chi connectivity index (χ3v) is 3.59. The van der Waals surface area contributed by atoms with Crippen molar-refractivity contribution < 1.29 is 9.26 Å². The molecule has 1 aliphatic rings. The summed E-state index contributed by atoms with van der Waals surface area (Å²) in [6, 6.07) is 0. The van der Waals surface area contributed by atoms with Gasteiger partial charge in [-0.2, -0.15) is 10.1 Å². The van der Waals surface area contributed by atoms with Crippen LogP contribution in [0, 0.1) is 0 Å². The van der Waals surface area contributed by atoms with Crippen molar-refractivity contribution >= 4 is 12.2 Å². The van der Waals surface area contributed by atoms with Gasteiger partial charge in [0.1, 0.15) is 5.60 Å². The van der Waals surface area contributed by atoms with Crippen LogP contribution in [-0.2, 0) is 10.3 Å². The van der Waals surface area contributed by atoms with Crippen LogP contribution in [0.25, 0.3) is 12.2 Å². The van der Waals surface area contributed by atoms with Crippen molar-refractivity contribution in [2.45, 2.75) is 31.3 Å². The number of methoxy groups -OCH3 is 1. The maximum Gasteiger partial charge on any atom is 0.250 e. The molecule has 1 N–H and O–H groups in total. The number of aromatic amines is 1. The number of H-pyrrole nitrogens is 1. The quantitative estimate of drug-likeness (QED) is 0.913. The second kappa shape index (κ2) is 4.97. The van der Waals surface area contributed by atoms with Crippen LogP contribution in [0.3, 0.4) is 0 Å². The fourth-order valence-electron chi connectivity index (χ4n) is 2.47. The molecular formula is C13H16N4O2. The van der Waals surface area contributed by atoms with Crippen molar-refractivity contribution in [2.24, 2.45) is 0 Å². The number of hydrogen-bond acceptors (Lipinski definition) is 5. The first kappa shape index (κ1) is 12.1.